The molecule has 2 aromatic carbocycles. The van der Waals surface area contributed by atoms with Crippen LogP contribution in [0.1, 0.15) is 16.7 Å². The number of benzene rings is 2. The van der Waals surface area contributed by atoms with Crippen molar-refractivity contribution in [2.45, 2.75) is 18.5 Å². The van der Waals surface area contributed by atoms with Crippen molar-refractivity contribution in [3.8, 4) is 0 Å². The molecule has 0 saturated carbocycles. The summed E-state index contributed by atoms with van der Waals surface area (Å²) in [5.41, 5.74) is 0.837. The van der Waals surface area contributed by atoms with Crippen molar-refractivity contribution in [2.24, 2.45) is 4.99 Å². The lowest BCUT2D eigenvalue weighted by atomic mass is 10.1. The number of guanidine groups is 1. The molecular weight excluding hydrogens is 502 g/mol. The third-order valence-electron chi connectivity index (χ3n) is 3.73. The van der Waals surface area contributed by atoms with E-state index in [0.29, 0.717) is 29.6 Å². The second-order valence-electron chi connectivity index (χ2n) is 5.82. The van der Waals surface area contributed by atoms with Crippen LogP contribution >= 0.6 is 24.0 Å². The Morgan fingerprint density at radius 1 is 1.04 bits per heavy atom. The van der Waals surface area contributed by atoms with Crippen molar-refractivity contribution in [3.05, 3.63) is 71.3 Å². The summed E-state index contributed by atoms with van der Waals surface area (Å²) in [6.45, 7) is 0.651. The number of halogens is 4. The van der Waals surface area contributed by atoms with Gasteiger partial charge >= 0.3 is 6.18 Å². The fourth-order valence-corrected chi connectivity index (χ4v) is 3.42. The molecule has 0 saturated heterocycles. The summed E-state index contributed by atoms with van der Waals surface area (Å²) in [7, 11) is 0.559. The van der Waals surface area contributed by atoms with Gasteiger partial charge in [0, 0.05) is 42.4 Å². The Labute approximate surface area is 182 Å². The number of hydrogen-bond donors (Lipinski definition) is 2. The summed E-state index contributed by atoms with van der Waals surface area (Å²) in [5.74, 6) is 1.38. The quantitative estimate of drug-likeness (QED) is 0.327. The zero-order valence-electron chi connectivity index (χ0n) is 15.3. The van der Waals surface area contributed by atoms with Crippen molar-refractivity contribution in [1.82, 2.24) is 10.6 Å². The molecule has 2 aromatic rings. The van der Waals surface area contributed by atoms with E-state index in [-0.39, 0.29) is 30.5 Å². The number of hydrogen-bond acceptors (Lipinski definition) is 2. The first kappa shape index (κ1) is 24.4. The lowest BCUT2D eigenvalue weighted by Crippen LogP contribution is -2.38. The van der Waals surface area contributed by atoms with E-state index < -0.39 is 22.5 Å². The van der Waals surface area contributed by atoms with Crippen molar-refractivity contribution >= 4 is 40.7 Å². The molecule has 2 rings (SSSR count). The largest absolute Gasteiger partial charge is 0.416 e. The molecule has 28 heavy (non-hydrogen) atoms. The lowest BCUT2D eigenvalue weighted by Gasteiger charge is -2.13. The second kappa shape index (κ2) is 12.1. The molecule has 0 aromatic heterocycles. The second-order valence-corrected chi connectivity index (χ2v) is 7.40. The van der Waals surface area contributed by atoms with Crippen molar-refractivity contribution in [1.29, 1.82) is 0 Å². The summed E-state index contributed by atoms with van der Waals surface area (Å²) >= 11 is 0. The van der Waals surface area contributed by atoms with Gasteiger partial charge in [-0.1, -0.05) is 42.5 Å². The fourth-order valence-electron chi connectivity index (χ4n) is 2.38. The molecule has 0 aliphatic rings. The molecule has 2 N–H and O–H groups in total. The van der Waals surface area contributed by atoms with Gasteiger partial charge in [-0.2, -0.15) is 13.2 Å². The third-order valence-corrected chi connectivity index (χ3v) is 5.05. The molecule has 0 heterocycles. The Bertz CT molecular complexity index is 785. The molecule has 0 amide bonds. The van der Waals surface area contributed by atoms with Gasteiger partial charge in [0.05, 0.1) is 5.56 Å². The van der Waals surface area contributed by atoms with Gasteiger partial charge in [-0.25, -0.2) is 0 Å². The molecule has 0 spiro atoms. The van der Waals surface area contributed by atoms with Crippen LogP contribution in [0.2, 0.25) is 0 Å². The highest BCUT2D eigenvalue weighted by Gasteiger charge is 2.30. The molecule has 0 radical (unpaired) electrons. The predicted octanol–water partition coefficient (Wildman–Crippen LogP) is 3.94. The van der Waals surface area contributed by atoms with E-state index in [4.69, 9.17) is 0 Å². The average Bonchev–Trinajstić information content (AvgIpc) is 2.65. The van der Waals surface area contributed by atoms with Gasteiger partial charge in [0.1, 0.15) is 0 Å². The van der Waals surface area contributed by atoms with Gasteiger partial charge in [-0.05, 0) is 23.3 Å². The number of aliphatic imine (C=N–C) groups is 1. The Morgan fingerprint density at radius 3 is 2.36 bits per heavy atom. The molecule has 0 aliphatic carbocycles. The zero-order valence-corrected chi connectivity index (χ0v) is 18.5. The highest BCUT2D eigenvalue weighted by Crippen LogP contribution is 2.29. The van der Waals surface area contributed by atoms with Crippen LogP contribution in [0.25, 0.3) is 0 Å². The van der Waals surface area contributed by atoms with E-state index in [1.54, 1.807) is 13.1 Å². The summed E-state index contributed by atoms with van der Waals surface area (Å²) in [4.78, 5) is 4.03. The van der Waals surface area contributed by atoms with Crippen LogP contribution in [0, 0.1) is 0 Å². The van der Waals surface area contributed by atoms with E-state index in [1.807, 2.05) is 30.3 Å². The first-order valence-corrected chi connectivity index (χ1v) is 9.87. The van der Waals surface area contributed by atoms with Crippen molar-refractivity contribution < 1.29 is 17.4 Å². The number of rotatable bonds is 7. The molecule has 0 bridgehead atoms. The molecule has 1 unspecified atom stereocenters. The zero-order chi connectivity index (χ0) is 19.7. The van der Waals surface area contributed by atoms with Crippen LogP contribution < -0.4 is 10.6 Å². The monoisotopic (exact) mass is 525 g/mol. The molecule has 154 valence electrons. The van der Waals surface area contributed by atoms with E-state index in [9.17, 15) is 17.4 Å². The van der Waals surface area contributed by atoms with Crippen LogP contribution in [-0.2, 0) is 29.3 Å². The highest BCUT2D eigenvalue weighted by atomic mass is 127. The minimum atomic E-state index is -4.36. The molecule has 1 atom stereocenters. The molecule has 0 aliphatic heterocycles. The Kier molecular flexibility index (Phi) is 10.5. The summed E-state index contributed by atoms with van der Waals surface area (Å²) in [6, 6.07) is 14.7. The minimum Gasteiger partial charge on any atom is -0.355 e. The Morgan fingerprint density at radius 2 is 1.71 bits per heavy atom. The maximum Gasteiger partial charge on any atom is 0.416 e. The van der Waals surface area contributed by atoms with E-state index in [1.165, 1.54) is 6.07 Å². The fraction of sp³-hybridized carbons (Fsp3) is 0.316. The van der Waals surface area contributed by atoms with Gasteiger partial charge in [0.25, 0.3) is 0 Å². The van der Waals surface area contributed by atoms with Gasteiger partial charge in [0.2, 0.25) is 0 Å². The maximum atomic E-state index is 12.7. The van der Waals surface area contributed by atoms with E-state index in [2.05, 4.69) is 15.6 Å². The highest BCUT2D eigenvalue weighted by molar-refractivity contribution is 14.0. The van der Waals surface area contributed by atoms with Crippen molar-refractivity contribution in [2.75, 3.05) is 19.3 Å². The van der Waals surface area contributed by atoms with E-state index in [0.717, 1.165) is 17.7 Å². The number of nitrogens with zero attached hydrogens (tertiary/aromatic N) is 1. The number of alkyl halides is 3. The van der Waals surface area contributed by atoms with E-state index >= 15 is 0 Å². The van der Waals surface area contributed by atoms with Crippen LogP contribution in [0.15, 0.2) is 59.6 Å². The van der Waals surface area contributed by atoms with Gasteiger partial charge in [-0.3, -0.25) is 9.20 Å². The Balaban J connectivity index is 0.00000392. The van der Waals surface area contributed by atoms with Crippen LogP contribution in [-0.4, -0.2) is 29.5 Å². The summed E-state index contributed by atoms with van der Waals surface area (Å²) in [5, 5.41) is 5.99. The van der Waals surface area contributed by atoms with Crippen LogP contribution in [0.5, 0.6) is 0 Å². The van der Waals surface area contributed by atoms with Gasteiger partial charge in [0.15, 0.2) is 5.96 Å². The first-order chi connectivity index (χ1) is 12.9. The van der Waals surface area contributed by atoms with Crippen LogP contribution in [0.4, 0.5) is 13.2 Å². The van der Waals surface area contributed by atoms with Gasteiger partial charge < -0.3 is 10.6 Å². The standard InChI is InChI=1S/C19H22F3N3OS.HI/c1-23-18(24-10-11-27(26)14-15-6-3-2-4-7-15)25-13-16-8-5-9-17(12-16)19(20,21)22;/h2-9,12H,10-11,13-14H2,1H3,(H2,23,24,25);1H. The molecular formula is C19H23F3IN3OS. The predicted molar refractivity (Wildman–Crippen MR) is 118 cm³/mol. The first-order valence-electron chi connectivity index (χ1n) is 8.38. The summed E-state index contributed by atoms with van der Waals surface area (Å²) < 4.78 is 50.3. The Hall–Kier alpha value is -1.62. The van der Waals surface area contributed by atoms with Crippen LogP contribution in [0.3, 0.4) is 0 Å². The summed E-state index contributed by atoms with van der Waals surface area (Å²) in [6.07, 6.45) is -4.36. The number of nitrogens with one attached hydrogen (secondary N) is 2. The smallest absolute Gasteiger partial charge is 0.355 e. The minimum absolute atomic E-state index is 0. The lowest BCUT2D eigenvalue weighted by molar-refractivity contribution is -0.137. The normalized spacial score (nSPS) is 12.8. The third kappa shape index (κ3) is 8.59. The van der Waals surface area contributed by atoms with Gasteiger partial charge in [-0.15, -0.1) is 24.0 Å². The van der Waals surface area contributed by atoms with Crippen molar-refractivity contribution in [3.63, 3.8) is 0 Å². The molecule has 0 fully saturated rings. The maximum absolute atomic E-state index is 12.7. The molecule has 4 nitrogen and oxygen atoms in total. The average molecular weight is 525 g/mol. The SMILES string of the molecule is CN=C(NCCS(=O)Cc1ccccc1)NCc1cccc(C(F)(F)F)c1.I. The topological polar surface area (TPSA) is 53.5 Å². The molecule has 9 heteroatoms.